The molecule has 0 aliphatic carbocycles. The molecule has 0 aliphatic rings. The van der Waals surface area contributed by atoms with Crippen molar-refractivity contribution < 1.29 is 0 Å². The van der Waals surface area contributed by atoms with Gasteiger partial charge in [-0.2, -0.15) is 0 Å². The van der Waals surface area contributed by atoms with E-state index in [9.17, 15) is 0 Å². The lowest BCUT2D eigenvalue weighted by atomic mass is 10.1. The van der Waals surface area contributed by atoms with Crippen molar-refractivity contribution in [2.45, 2.75) is 6.54 Å². The van der Waals surface area contributed by atoms with Gasteiger partial charge >= 0.3 is 0 Å². The van der Waals surface area contributed by atoms with Crippen molar-refractivity contribution in [3.8, 4) is 0 Å². The second kappa shape index (κ2) is 4.78. The maximum absolute atomic E-state index is 5.64. The molecule has 0 saturated carbocycles. The zero-order valence-corrected chi connectivity index (χ0v) is 11.0. The molecule has 19 heavy (non-hydrogen) atoms. The number of thiocarbonyl (C=S) groups is 1. The molecule has 0 saturated heterocycles. The first kappa shape index (κ1) is 11.8. The van der Waals surface area contributed by atoms with Gasteiger partial charge in [0.1, 0.15) is 4.99 Å². The van der Waals surface area contributed by atoms with Crippen molar-refractivity contribution in [3.05, 3.63) is 60.3 Å². The lowest BCUT2D eigenvalue weighted by Crippen LogP contribution is -2.17. The fourth-order valence-electron chi connectivity index (χ4n) is 2.08. The Kier molecular flexibility index (Phi) is 2.97. The standard InChI is InChI=1S/C14H12N4S/c15-13(19)14-17-6-7-18(14)9-10-3-4-12-11(8-10)2-1-5-16-12/h1-8H,9H2,(H2,15,19). The Bertz CT molecular complexity index is 748. The molecule has 0 unspecified atom stereocenters. The Hall–Kier alpha value is -2.27. The summed E-state index contributed by atoms with van der Waals surface area (Å²) in [5.74, 6) is 0.640. The van der Waals surface area contributed by atoms with E-state index < -0.39 is 0 Å². The van der Waals surface area contributed by atoms with Crippen LogP contribution in [0.3, 0.4) is 0 Å². The molecule has 0 radical (unpaired) electrons. The van der Waals surface area contributed by atoms with Crippen LogP contribution >= 0.6 is 12.2 Å². The van der Waals surface area contributed by atoms with Gasteiger partial charge in [-0.25, -0.2) is 4.98 Å². The summed E-state index contributed by atoms with van der Waals surface area (Å²) < 4.78 is 1.94. The predicted molar refractivity (Wildman–Crippen MR) is 79.0 cm³/mol. The van der Waals surface area contributed by atoms with Crippen LogP contribution in [0.2, 0.25) is 0 Å². The highest BCUT2D eigenvalue weighted by atomic mass is 32.1. The number of hydrogen-bond donors (Lipinski definition) is 1. The molecule has 5 heteroatoms. The number of imidazole rings is 1. The van der Waals surface area contributed by atoms with E-state index >= 15 is 0 Å². The van der Waals surface area contributed by atoms with Gasteiger partial charge in [0.05, 0.1) is 5.52 Å². The largest absolute Gasteiger partial charge is 0.387 e. The summed E-state index contributed by atoms with van der Waals surface area (Å²) in [5.41, 5.74) is 7.80. The molecule has 4 nitrogen and oxygen atoms in total. The maximum atomic E-state index is 5.64. The second-order valence-corrected chi connectivity index (χ2v) is 4.71. The van der Waals surface area contributed by atoms with Crippen LogP contribution in [-0.2, 0) is 6.54 Å². The topological polar surface area (TPSA) is 56.7 Å². The van der Waals surface area contributed by atoms with E-state index in [-0.39, 0.29) is 0 Å². The number of fused-ring (bicyclic) bond motifs is 1. The quantitative estimate of drug-likeness (QED) is 0.739. The van der Waals surface area contributed by atoms with Crippen molar-refractivity contribution >= 4 is 28.1 Å². The van der Waals surface area contributed by atoms with Crippen molar-refractivity contribution in [2.75, 3.05) is 0 Å². The van der Waals surface area contributed by atoms with Crippen molar-refractivity contribution in [3.63, 3.8) is 0 Å². The molecule has 2 heterocycles. The Balaban J connectivity index is 1.97. The Morgan fingerprint density at radius 3 is 2.95 bits per heavy atom. The monoisotopic (exact) mass is 268 g/mol. The summed E-state index contributed by atoms with van der Waals surface area (Å²) in [7, 11) is 0. The molecule has 3 rings (SSSR count). The fourth-order valence-corrected chi connectivity index (χ4v) is 2.25. The lowest BCUT2D eigenvalue weighted by Gasteiger charge is -2.07. The SMILES string of the molecule is NC(=S)c1nccn1Cc1ccc2ncccc2c1. The van der Waals surface area contributed by atoms with E-state index in [0.29, 0.717) is 17.4 Å². The lowest BCUT2D eigenvalue weighted by molar-refractivity contribution is 0.789. The normalized spacial score (nSPS) is 10.7. The van der Waals surface area contributed by atoms with Gasteiger partial charge in [-0.1, -0.05) is 24.4 Å². The average molecular weight is 268 g/mol. The van der Waals surface area contributed by atoms with Gasteiger partial charge in [0, 0.05) is 30.5 Å². The number of pyridine rings is 1. The molecule has 94 valence electrons. The van der Waals surface area contributed by atoms with Gasteiger partial charge in [0.2, 0.25) is 0 Å². The van der Waals surface area contributed by atoms with Gasteiger partial charge in [-0.05, 0) is 23.8 Å². The third-order valence-electron chi connectivity index (χ3n) is 2.96. The van der Waals surface area contributed by atoms with Crippen LogP contribution in [0.15, 0.2) is 48.9 Å². The van der Waals surface area contributed by atoms with E-state index in [1.807, 2.05) is 29.0 Å². The summed E-state index contributed by atoms with van der Waals surface area (Å²) in [6.45, 7) is 0.692. The highest BCUT2D eigenvalue weighted by Crippen LogP contribution is 2.14. The van der Waals surface area contributed by atoms with E-state index in [4.69, 9.17) is 18.0 Å². The van der Waals surface area contributed by atoms with Crippen molar-refractivity contribution in [1.82, 2.24) is 14.5 Å². The van der Waals surface area contributed by atoms with Crippen LogP contribution < -0.4 is 5.73 Å². The van der Waals surface area contributed by atoms with Crippen LogP contribution in [0.25, 0.3) is 10.9 Å². The minimum atomic E-state index is 0.312. The van der Waals surface area contributed by atoms with Crippen LogP contribution in [0, 0.1) is 0 Å². The van der Waals surface area contributed by atoms with Gasteiger partial charge in [0.15, 0.2) is 5.82 Å². The first-order chi connectivity index (χ1) is 9.24. The minimum Gasteiger partial charge on any atom is -0.387 e. The van der Waals surface area contributed by atoms with Crippen LogP contribution in [0.1, 0.15) is 11.4 Å². The molecule has 3 aromatic rings. The summed E-state index contributed by atoms with van der Waals surface area (Å²) in [5, 5.41) is 1.12. The molecule has 0 fully saturated rings. The number of hydrogen-bond acceptors (Lipinski definition) is 3. The maximum Gasteiger partial charge on any atom is 0.167 e. The molecular formula is C14H12N4S. The van der Waals surface area contributed by atoms with Crippen molar-refractivity contribution in [2.24, 2.45) is 5.73 Å². The zero-order chi connectivity index (χ0) is 13.2. The Labute approximate surface area is 115 Å². The Morgan fingerprint density at radius 1 is 1.21 bits per heavy atom. The second-order valence-electron chi connectivity index (χ2n) is 4.27. The minimum absolute atomic E-state index is 0.312. The third-order valence-corrected chi connectivity index (χ3v) is 3.14. The number of nitrogens with zero attached hydrogens (tertiary/aromatic N) is 3. The van der Waals surface area contributed by atoms with Crippen LogP contribution in [0.5, 0.6) is 0 Å². The van der Waals surface area contributed by atoms with Gasteiger partial charge < -0.3 is 10.3 Å². The summed E-state index contributed by atoms with van der Waals surface area (Å²) in [4.78, 5) is 8.78. The van der Waals surface area contributed by atoms with Gasteiger partial charge in [-0.3, -0.25) is 4.98 Å². The molecule has 0 bridgehead atoms. The summed E-state index contributed by atoms with van der Waals surface area (Å²) in [6.07, 6.45) is 5.38. The third kappa shape index (κ3) is 2.32. The van der Waals surface area contributed by atoms with Gasteiger partial charge in [-0.15, -0.1) is 0 Å². The van der Waals surface area contributed by atoms with E-state index in [0.717, 1.165) is 16.5 Å². The molecule has 2 aromatic heterocycles. The number of rotatable bonds is 3. The molecule has 1 aromatic carbocycles. The number of benzene rings is 1. The average Bonchev–Trinajstić information content (AvgIpc) is 2.87. The number of aromatic nitrogens is 3. The van der Waals surface area contributed by atoms with Gasteiger partial charge in [0.25, 0.3) is 0 Å². The molecule has 0 spiro atoms. The smallest absolute Gasteiger partial charge is 0.167 e. The number of nitrogens with two attached hydrogens (primary N) is 1. The first-order valence-electron chi connectivity index (χ1n) is 5.88. The fraction of sp³-hybridized carbons (Fsp3) is 0.0714. The Morgan fingerprint density at radius 2 is 2.11 bits per heavy atom. The first-order valence-corrected chi connectivity index (χ1v) is 6.29. The highest BCUT2D eigenvalue weighted by Gasteiger charge is 2.06. The van der Waals surface area contributed by atoms with Crippen LogP contribution in [-0.4, -0.2) is 19.5 Å². The molecule has 0 amide bonds. The summed E-state index contributed by atoms with van der Waals surface area (Å²) in [6, 6.07) is 10.2. The van der Waals surface area contributed by atoms with E-state index in [2.05, 4.69) is 22.1 Å². The summed E-state index contributed by atoms with van der Waals surface area (Å²) >= 11 is 4.98. The van der Waals surface area contributed by atoms with Crippen LogP contribution in [0.4, 0.5) is 0 Å². The van der Waals surface area contributed by atoms with Crippen molar-refractivity contribution in [1.29, 1.82) is 0 Å². The molecule has 0 atom stereocenters. The highest BCUT2D eigenvalue weighted by molar-refractivity contribution is 7.80. The predicted octanol–water partition coefficient (Wildman–Crippen LogP) is 2.11. The van der Waals surface area contributed by atoms with E-state index in [1.165, 1.54) is 0 Å². The molecule has 0 aliphatic heterocycles. The zero-order valence-electron chi connectivity index (χ0n) is 10.2. The van der Waals surface area contributed by atoms with E-state index in [1.54, 1.807) is 12.4 Å². The molecular weight excluding hydrogens is 256 g/mol. The molecule has 2 N–H and O–H groups in total.